The summed E-state index contributed by atoms with van der Waals surface area (Å²) in [6, 6.07) is 13.4. The maximum atomic E-state index is 17.8. The van der Waals surface area contributed by atoms with Crippen molar-refractivity contribution in [3.05, 3.63) is 79.4 Å². The molecule has 1 unspecified atom stereocenters. The molecule has 22 heteroatoms. The highest BCUT2D eigenvalue weighted by Crippen LogP contribution is 2.54. The number of carbonyl (C=O) groups excluding carboxylic acids is 2. The van der Waals surface area contributed by atoms with Crippen LogP contribution in [0.3, 0.4) is 0 Å². The number of rotatable bonds is 21. The second-order valence-electron chi connectivity index (χ2n) is 14.5. The number of esters is 2. The first-order chi connectivity index (χ1) is 28.8. The van der Waals surface area contributed by atoms with Gasteiger partial charge in [-0.3, -0.25) is 18.6 Å². The zero-order valence-electron chi connectivity index (χ0n) is 35.1. The fraction of sp³-hybridized carbons (Fsp3) is 0.462. The predicted octanol–water partition coefficient (Wildman–Crippen LogP) is 6.62. The van der Waals surface area contributed by atoms with E-state index in [1.165, 1.54) is 75.6 Å². The van der Waals surface area contributed by atoms with Crippen LogP contribution in [0.2, 0.25) is 0 Å². The van der Waals surface area contributed by atoms with E-state index in [0.29, 0.717) is 5.56 Å². The molecule has 61 heavy (non-hydrogen) atoms. The van der Waals surface area contributed by atoms with Gasteiger partial charge in [0.05, 0.1) is 50.6 Å². The van der Waals surface area contributed by atoms with E-state index >= 15 is 4.39 Å². The molecule has 2 N–H and O–H groups in total. The first kappa shape index (κ1) is 47.1. The Kier molecular flexibility index (Phi) is 15.7. The first-order valence-corrected chi connectivity index (χ1v) is 22.3. The Hall–Kier alpha value is -4.94. The minimum Gasteiger partial charge on any atom is -0.480 e. The van der Waals surface area contributed by atoms with Crippen LogP contribution in [0.25, 0.3) is 11.3 Å². The number of nitrogens with one attached hydrogen (secondary N) is 2. The fourth-order valence-corrected chi connectivity index (χ4v) is 9.17. The fourth-order valence-electron chi connectivity index (χ4n) is 5.90. The lowest BCUT2D eigenvalue weighted by molar-refractivity contribution is -0.150. The van der Waals surface area contributed by atoms with Crippen LogP contribution in [0, 0.1) is 0 Å². The minimum absolute atomic E-state index is 0.0371. The summed E-state index contributed by atoms with van der Waals surface area (Å²) in [5.74, 6) is -1.28. The average Bonchev–Trinajstić information content (AvgIpc) is 3.78. The summed E-state index contributed by atoms with van der Waals surface area (Å²) in [5.41, 5.74) is -2.05. The second kappa shape index (κ2) is 20.3. The molecule has 3 heterocycles. The molecule has 8 atom stereocenters. The van der Waals surface area contributed by atoms with Gasteiger partial charge in [0, 0.05) is 12.4 Å². The van der Waals surface area contributed by atoms with Gasteiger partial charge in [0.2, 0.25) is 5.88 Å². The Bertz CT molecular complexity index is 2180. The lowest BCUT2D eigenvalue weighted by Crippen LogP contribution is -2.45. The number of hydrogen-bond donors (Lipinski definition) is 2. The third-order valence-corrected chi connectivity index (χ3v) is 12.0. The molecule has 1 aliphatic rings. The second-order valence-corrected chi connectivity index (χ2v) is 17.8. The van der Waals surface area contributed by atoms with Gasteiger partial charge in [-0.15, -0.1) is 0 Å². The monoisotopic (exact) mass is 892 g/mol. The standard InChI is InChI=1S/C39H51FN6O13P2/c1-24(2)54-35(47)26(5)44-60(49,57-28-16-12-10-13-17-28)53-22-32-33(59-61(50,58-29-18-14-11-15-19-29)45-27(6)36(48)55-25(3)4)39(7,40)37(56-32)46-21-31(42-23-46)30-20-41-38(52-9)43-34(30)51-8/h10-21,23-27,32-33,37H,22H2,1-9H3,(H,44,49)(H,45,50)/t26-,27-,32+,33-,37+,39?,60-,61+/m0/s1. The summed E-state index contributed by atoms with van der Waals surface area (Å²) in [7, 11) is -6.56. The molecule has 0 bridgehead atoms. The van der Waals surface area contributed by atoms with Crippen molar-refractivity contribution in [1.82, 2.24) is 29.7 Å². The number of aromatic nitrogens is 4. The largest absolute Gasteiger partial charge is 0.480 e. The van der Waals surface area contributed by atoms with Crippen LogP contribution in [0.1, 0.15) is 54.7 Å². The predicted molar refractivity (Wildman–Crippen MR) is 218 cm³/mol. The molecule has 5 rings (SSSR count). The molecule has 0 amide bonds. The Balaban J connectivity index is 1.54. The van der Waals surface area contributed by atoms with Gasteiger partial charge >= 0.3 is 33.4 Å². The number of hydrogen-bond acceptors (Lipinski definition) is 16. The van der Waals surface area contributed by atoms with E-state index in [0.717, 1.165) is 6.92 Å². The molecular weight excluding hydrogens is 841 g/mol. The van der Waals surface area contributed by atoms with Gasteiger partial charge in [-0.2, -0.15) is 15.2 Å². The van der Waals surface area contributed by atoms with Gasteiger partial charge in [0.15, 0.2) is 11.9 Å². The zero-order valence-corrected chi connectivity index (χ0v) is 36.9. The third kappa shape index (κ3) is 12.3. The van der Waals surface area contributed by atoms with E-state index < -0.39 is 82.4 Å². The molecule has 2 aromatic heterocycles. The molecule has 1 fully saturated rings. The number of carbonyl (C=O) groups is 2. The molecule has 332 valence electrons. The highest BCUT2D eigenvalue weighted by Gasteiger charge is 2.60. The number of ether oxygens (including phenoxy) is 5. The summed E-state index contributed by atoms with van der Waals surface area (Å²) < 4.78 is 99.5. The van der Waals surface area contributed by atoms with Crippen LogP contribution in [0.5, 0.6) is 23.4 Å². The van der Waals surface area contributed by atoms with Crippen LogP contribution >= 0.6 is 15.5 Å². The quantitative estimate of drug-likeness (QED) is 0.0663. The smallest absolute Gasteiger partial charge is 0.459 e. The van der Waals surface area contributed by atoms with Crippen LogP contribution in [0.4, 0.5) is 4.39 Å². The van der Waals surface area contributed by atoms with Gasteiger partial charge < -0.3 is 37.3 Å². The number of nitrogens with zero attached hydrogens (tertiary/aromatic N) is 4. The Morgan fingerprint density at radius 2 is 1.38 bits per heavy atom. The van der Waals surface area contributed by atoms with Crippen molar-refractivity contribution in [1.29, 1.82) is 0 Å². The maximum Gasteiger partial charge on any atom is 0.459 e. The SMILES string of the molecule is COc1ncc(-c2cn([C@@H]3O[C@H](CO[P@@](=O)(N[C@@H](C)C(=O)OC(C)C)Oc4ccccc4)[C@H](O[P@@](=O)(N[C@@H](C)C(=O)OC(C)C)Oc4ccccc4)C3(C)F)cn2)c(OC)n1. The van der Waals surface area contributed by atoms with Gasteiger partial charge in [-0.05, 0) is 72.7 Å². The first-order valence-electron chi connectivity index (χ1n) is 19.2. The number of halogens is 1. The van der Waals surface area contributed by atoms with Crippen molar-refractivity contribution < 1.29 is 64.9 Å². The molecule has 0 saturated carbocycles. The van der Waals surface area contributed by atoms with E-state index in [4.69, 9.17) is 41.8 Å². The Morgan fingerprint density at radius 1 is 0.836 bits per heavy atom. The molecule has 0 spiro atoms. The van der Waals surface area contributed by atoms with Crippen molar-refractivity contribution in [2.75, 3.05) is 20.8 Å². The summed E-state index contributed by atoms with van der Waals surface area (Å²) in [5, 5.41) is 5.15. The molecule has 1 saturated heterocycles. The summed E-state index contributed by atoms with van der Waals surface area (Å²) >= 11 is 0. The van der Waals surface area contributed by atoms with E-state index in [1.54, 1.807) is 64.1 Å². The molecule has 1 aliphatic heterocycles. The lowest BCUT2D eigenvalue weighted by atomic mass is 9.98. The zero-order chi connectivity index (χ0) is 44.5. The number of benzene rings is 2. The normalized spacial score (nSPS) is 21.8. The minimum atomic E-state index is -4.78. The Labute approximate surface area is 353 Å². The molecule has 0 radical (unpaired) electrons. The van der Waals surface area contributed by atoms with Gasteiger partial charge in [0.25, 0.3) is 0 Å². The number of imidazole rings is 1. The Morgan fingerprint density at radius 3 is 1.90 bits per heavy atom. The summed E-state index contributed by atoms with van der Waals surface area (Å²) in [6.45, 7) is 9.73. The van der Waals surface area contributed by atoms with Crippen LogP contribution < -0.4 is 28.7 Å². The van der Waals surface area contributed by atoms with Crippen molar-refractivity contribution in [3.63, 3.8) is 0 Å². The van der Waals surface area contributed by atoms with Gasteiger partial charge in [-0.1, -0.05) is 36.4 Å². The van der Waals surface area contributed by atoms with Crippen molar-refractivity contribution in [2.24, 2.45) is 0 Å². The number of methoxy groups -OCH3 is 2. The van der Waals surface area contributed by atoms with E-state index in [9.17, 15) is 18.7 Å². The highest BCUT2D eigenvalue weighted by molar-refractivity contribution is 7.52. The van der Waals surface area contributed by atoms with E-state index in [1.807, 2.05) is 0 Å². The van der Waals surface area contributed by atoms with Crippen molar-refractivity contribution in [3.8, 4) is 34.6 Å². The number of para-hydroxylation sites is 2. The third-order valence-electron chi connectivity index (χ3n) is 8.65. The van der Waals surface area contributed by atoms with Gasteiger partial charge in [0.1, 0.15) is 35.8 Å². The molecule has 4 aromatic rings. The topological polar surface area (TPSA) is 219 Å². The van der Waals surface area contributed by atoms with Crippen LogP contribution in [-0.4, -0.2) is 94.5 Å². The van der Waals surface area contributed by atoms with E-state index in [2.05, 4.69) is 25.1 Å². The van der Waals surface area contributed by atoms with E-state index in [-0.39, 0.29) is 29.1 Å². The highest BCUT2D eigenvalue weighted by atomic mass is 31.2. The molecule has 2 aromatic carbocycles. The molecular formula is C39H51FN6O13P2. The van der Waals surface area contributed by atoms with Crippen LogP contribution in [0.15, 0.2) is 79.4 Å². The summed E-state index contributed by atoms with van der Waals surface area (Å²) in [6.07, 6.45) is -1.90. The van der Waals surface area contributed by atoms with Crippen molar-refractivity contribution >= 4 is 27.4 Å². The lowest BCUT2D eigenvalue weighted by Gasteiger charge is -2.32. The van der Waals surface area contributed by atoms with Crippen molar-refractivity contribution in [2.45, 2.75) is 96.9 Å². The van der Waals surface area contributed by atoms with Gasteiger partial charge in [-0.25, -0.2) is 23.5 Å². The number of alkyl halides is 1. The average molecular weight is 893 g/mol. The maximum absolute atomic E-state index is 17.8. The molecule has 0 aliphatic carbocycles. The molecule has 19 nitrogen and oxygen atoms in total. The van der Waals surface area contributed by atoms with Crippen LogP contribution in [-0.2, 0) is 42.0 Å². The summed E-state index contributed by atoms with van der Waals surface area (Å²) in [4.78, 5) is 38.5.